The standard InChI is InChI=1S/C13H25NO3S/c1-10(2)6-8-18-9-11(15)14-13(3,4)7-5-12(16)17/h10H,5-9H2,1-4H3,(H,14,15)(H,16,17). The third-order valence-corrected chi connectivity index (χ3v) is 3.51. The van der Waals surface area contributed by atoms with Gasteiger partial charge in [-0.1, -0.05) is 13.8 Å². The van der Waals surface area contributed by atoms with Gasteiger partial charge >= 0.3 is 5.97 Å². The number of carboxylic acids is 1. The molecule has 0 spiro atoms. The highest BCUT2D eigenvalue weighted by Gasteiger charge is 2.21. The number of nitrogens with one attached hydrogen (secondary N) is 1. The molecule has 5 heteroatoms. The predicted octanol–water partition coefficient (Wildman–Crippen LogP) is 2.53. The van der Waals surface area contributed by atoms with Crippen molar-refractivity contribution in [2.75, 3.05) is 11.5 Å². The van der Waals surface area contributed by atoms with Crippen molar-refractivity contribution in [2.24, 2.45) is 5.92 Å². The third-order valence-electron chi connectivity index (χ3n) is 2.51. The van der Waals surface area contributed by atoms with E-state index in [9.17, 15) is 9.59 Å². The molecule has 0 aliphatic rings. The summed E-state index contributed by atoms with van der Waals surface area (Å²) < 4.78 is 0. The lowest BCUT2D eigenvalue weighted by molar-refractivity contribution is -0.137. The van der Waals surface area contributed by atoms with E-state index in [4.69, 9.17) is 5.11 Å². The summed E-state index contributed by atoms with van der Waals surface area (Å²) >= 11 is 1.63. The summed E-state index contributed by atoms with van der Waals surface area (Å²) in [5, 5.41) is 11.5. The fraction of sp³-hybridized carbons (Fsp3) is 0.846. The zero-order valence-electron chi connectivity index (χ0n) is 11.8. The average molecular weight is 275 g/mol. The molecule has 4 nitrogen and oxygen atoms in total. The highest BCUT2D eigenvalue weighted by molar-refractivity contribution is 7.99. The Labute approximate surface area is 114 Å². The zero-order valence-corrected chi connectivity index (χ0v) is 12.6. The Morgan fingerprint density at radius 1 is 1.33 bits per heavy atom. The highest BCUT2D eigenvalue weighted by Crippen LogP contribution is 2.13. The maximum Gasteiger partial charge on any atom is 0.303 e. The number of rotatable bonds is 9. The van der Waals surface area contributed by atoms with Crippen LogP contribution in [-0.2, 0) is 9.59 Å². The largest absolute Gasteiger partial charge is 0.481 e. The number of hydrogen-bond donors (Lipinski definition) is 2. The molecule has 0 aromatic heterocycles. The quantitative estimate of drug-likeness (QED) is 0.635. The number of thioether (sulfide) groups is 1. The third kappa shape index (κ3) is 10.4. The van der Waals surface area contributed by atoms with Crippen molar-refractivity contribution >= 4 is 23.6 Å². The number of carbonyl (C=O) groups is 2. The van der Waals surface area contributed by atoms with Gasteiger partial charge in [-0.2, -0.15) is 11.8 Å². The number of amides is 1. The monoisotopic (exact) mass is 275 g/mol. The van der Waals surface area contributed by atoms with E-state index in [0.717, 1.165) is 12.2 Å². The van der Waals surface area contributed by atoms with Crippen LogP contribution in [0.1, 0.15) is 47.0 Å². The van der Waals surface area contributed by atoms with E-state index in [0.29, 0.717) is 18.1 Å². The van der Waals surface area contributed by atoms with Crippen molar-refractivity contribution in [3.8, 4) is 0 Å². The molecule has 0 aliphatic carbocycles. The van der Waals surface area contributed by atoms with Crippen LogP contribution >= 0.6 is 11.8 Å². The van der Waals surface area contributed by atoms with Crippen molar-refractivity contribution < 1.29 is 14.7 Å². The minimum absolute atomic E-state index is 0.0147. The summed E-state index contributed by atoms with van der Waals surface area (Å²) in [6.45, 7) is 8.03. The molecule has 106 valence electrons. The molecule has 0 atom stereocenters. The van der Waals surface area contributed by atoms with Gasteiger partial charge in [-0.05, 0) is 38.4 Å². The summed E-state index contributed by atoms with van der Waals surface area (Å²) in [6.07, 6.45) is 1.64. The first kappa shape index (κ1) is 17.3. The second kappa shape index (κ2) is 8.40. The lowest BCUT2D eigenvalue weighted by Crippen LogP contribution is -2.44. The molecule has 0 unspecified atom stereocenters. The Kier molecular flexibility index (Phi) is 8.07. The lowest BCUT2D eigenvalue weighted by Gasteiger charge is -2.25. The second-order valence-corrected chi connectivity index (χ2v) is 6.67. The Morgan fingerprint density at radius 3 is 2.44 bits per heavy atom. The fourth-order valence-corrected chi connectivity index (χ4v) is 2.42. The van der Waals surface area contributed by atoms with Gasteiger partial charge in [-0.3, -0.25) is 9.59 Å². The molecule has 0 aliphatic heterocycles. The highest BCUT2D eigenvalue weighted by atomic mass is 32.2. The van der Waals surface area contributed by atoms with Crippen molar-refractivity contribution in [1.82, 2.24) is 5.32 Å². The van der Waals surface area contributed by atoms with Crippen LogP contribution in [0.5, 0.6) is 0 Å². The smallest absolute Gasteiger partial charge is 0.303 e. The van der Waals surface area contributed by atoms with Crippen LogP contribution in [-0.4, -0.2) is 34.0 Å². The molecule has 0 aromatic carbocycles. The van der Waals surface area contributed by atoms with Crippen LogP contribution in [0.2, 0.25) is 0 Å². The van der Waals surface area contributed by atoms with Gasteiger partial charge in [0.25, 0.3) is 0 Å². The first-order valence-electron chi connectivity index (χ1n) is 6.33. The van der Waals surface area contributed by atoms with Crippen LogP contribution in [0.15, 0.2) is 0 Å². The number of aliphatic carboxylic acids is 1. The van der Waals surface area contributed by atoms with Crippen molar-refractivity contribution in [1.29, 1.82) is 0 Å². The number of hydrogen-bond acceptors (Lipinski definition) is 3. The Hall–Kier alpha value is -0.710. The van der Waals surface area contributed by atoms with Gasteiger partial charge in [0.1, 0.15) is 0 Å². The van der Waals surface area contributed by atoms with Gasteiger partial charge in [0, 0.05) is 12.0 Å². The molecule has 0 fully saturated rings. The first-order chi connectivity index (χ1) is 8.23. The maximum absolute atomic E-state index is 11.7. The predicted molar refractivity (Wildman–Crippen MR) is 75.9 cm³/mol. The van der Waals surface area contributed by atoms with Crippen LogP contribution < -0.4 is 5.32 Å². The molecule has 18 heavy (non-hydrogen) atoms. The molecule has 0 bridgehead atoms. The number of carbonyl (C=O) groups excluding carboxylic acids is 1. The summed E-state index contributed by atoms with van der Waals surface area (Å²) in [5.74, 6) is 1.25. The molecule has 0 radical (unpaired) electrons. The SMILES string of the molecule is CC(C)CCSCC(=O)NC(C)(C)CCC(=O)O. The first-order valence-corrected chi connectivity index (χ1v) is 7.49. The van der Waals surface area contributed by atoms with Crippen molar-refractivity contribution in [2.45, 2.75) is 52.5 Å². The Balaban J connectivity index is 3.81. The molecule has 0 saturated carbocycles. The van der Waals surface area contributed by atoms with E-state index in [1.54, 1.807) is 11.8 Å². The van der Waals surface area contributed by atoms with Gasteiger partial charge in [0.15, 0.2) is 0 Å². The van der Waals surface area contributed by atoms with E-state index in [-0.39, 0.29) is 12.3 Å². The number of carboxylic acid groups (broad SMARTS) is 1. The molecular weight excluding hydrogens is 250 g/mol. The van der Waals surface area contributed by atoms with Gasteiger partial charge in [0.2, 0.25) is 5.91 Å². The van der Waals surface area contributed by atoms with E-state index in [1.807, 2.05) is 13.8 Å². The fourth-order valence-electron chi connectivity index (χ4n) is 1.38. The Morgan fingerprint density at radius 2 is 1.94 bits per heavy atom. The minimum Gasteiger partial charge on any atom is -0.481 e. The second-order valence-electron chi connectivity index (χ2n) is 5.56. The molecular formula is C13H25NO3S. The molecule has 0 rings (SSSR count). The maximum atomic E-state index is 11.7. The molecule has 2 N–H and O–H groups in total. The molecule has 0 saturated heterocycles. The van der Waals surface area contributed by atoms with Crippen LogP contribution in [0.3, 0.4) is 0 Å². The van der Waals surface area contributed by atoms with Crippen molar-refractivity contribution in [3.05, 3.63) is 0 Å². The summed E-state index contributed by atoms with van der Waals surface area (Å²) in [7, 11) is 0. The topological polar surface area (TPSA) is 66.4 Å². The van der Waals surface area contributed by atoms with Gasteiger partial charge in [-0.15, -0.1) is 0 Å². The summed E-state index contributed by atoms with van der Waals surface area (Å²) in [6, 6.07) is 0. The summed E-state index contributed by atoms with van der Waals surface area (Å²) in [4.78, 5) is 22.2. The normalized spacial score (nSPS) is 11.6. The van der Waals surface area contributed by atoms with Gasteiger partial charge in [0.05, 0.1) is 5.75 Å². The van der Waals surface area contributed by atoms with Gasteiger partial charge < -0.3 is 10.4 Å². The average Bonchev–Trinajstić information content (AvgIpc) is 2.21. The summed E-state index contributed by atoms with van der Waals surface area (Å²) in [5.41, 5.74) is -0.450. The van der Waals surface area contributed by atoms with Crippen LogP contribution in [0, 0.1) is 5.92 Å². The lowest BCUT2D eigenvalue weighted by atomic mass is 9.98. The molecule has 1 amide bonds. The van der Waals surface area contributed by atoms with Crippen molar-refractivity contribution in [3.63, 3.8) is 0 Å². The minimum atomic E-state index is -0.830. The van der Waals surface area contributed by atoms with E-state index in [2.05, 4.69) is 19.2 Å². The van der Waals surface area contributed by atoms with E-state index >= 15 is 0 Å². The molecule has 0 heterocycles. The molecule has 0 aromatic rings. The van der Waals surface area contributed by atoms with Gasteiger partial charge in [-0.25, -0.2) is 0 Å². The van der Waals surface area contributed by atoms with Crippen LogP contribution in [0.25, 0.3) is 0 Å². The zero-order chi connectivity index (χ0) is 14.2. The van der Waals surface area contributed by atoms with E-state index < -0.39 is 11.5 Å². The van der Waals surface area contributed by atoms with Crippen LogP contribution in [0.4, 0.5) is 0 Å². The Bertz CT molecular complexity index is 277. The van der Waals surface area contributed by atoms with E-state index in [1.165, 1.54) is 0 Å².